The Kier molecular flexibility index (Phi) is 6.45. The van der Waals surface area contributed by atoms with Crippen molar-refractivity contribution in [1.82, 2.24) is 10.2 Å². The lowest BCUT2D eigenvalue weighted by Crippen LogP contribution is -2.46. The summed E-state index contributed by atoms with van der Waals surface area (Å²) >= 11 is 0. The van der Waals surface area contributed by atoms with Crippen LogP contribution < -0.4 is 5.32 Å². The number of rotatable bonds is 7. The van der Waals surface area contributed by atoms with Crippen LogP contribution in [0.5, 0.6) is 0 Å². The largest absolute Gasteiger partial charge is 0.384 e. The van der Waals surface area contributed by atoms with E-state index in [1.54, 1.807) is 0 Å². The van der Waals surface area contributed by atoms with Crippen LogP contribution in [0.1, 0.15) is 34.1 Å². The third-order valence-electron chi connectivity index (χ3n) is 3.69. The van der Waals surface area contributed by atoms with Crippen molar-refractivity contribution in [2.75, 3.05) is 33.4 Å². The lowest BCUT2D eigenvalue weighted by atomic mass is 10.0. The Bertz CT molecular complexity index is 206. The lowest BCUT2D eigenvalue weighted by Gasteiger charge is -2.32. The minimum atomic E-state index is 0.577. The standard InChI is InChI=1S/C14H30N2O/c1-11(2)14(8-15-12(3)4)16-7-6-13(9-16)10-17-5/h11-15H,6-10H2,1-5H3. The summed E-state index contributed by atoms with van der Waals surface area (Å²) in [4.78, 5) is 2.64. The van der Waals surface area contributed by atoms with E-state index >= 15 is 0 Å². The van der Waals surface area contributed by atoms with Crippen LogP contribution >= 0.6 is 0 Å². The van der Waals surface area contributed by atoms with E-state index in [1.165, 1.54) is 19.5 Å². The fourth-order valence-corrected chi connectivity index (χ4v) is 2.68. The number of nitrogens with one attached hydrogen (secondary N) is 1. The number of methoxy groups -OCH3 is 1. The second-order valence-electron chi connectivity index (χ2n) is 5.98. The zero-order chi connectivity index (χ0) is 12.8. The van der Waals surface area contributed by atoms with Crippen LogP contribution in [0.3, 0.4) is 0 Å². The van der Waals surface area contributed by atoms with E-state index in [9.17, 15) is 0 Å². The number of hydrogen-bond acceptors (Lipinski definition) is 3. The summed E-state index contributed by atoms with van der Waals surface area (Å²) in [5.74, 6) is 1.45. The predicted octanol–water partition coefficient (Wildman–Crippen LogP) is 1.98. The number of ether oxygens (including phenoxy) is 1. The van der Waals surface area contributed by atoms with Crippen LogP contribution in [0.2, 0.25) is 0 Å². The molecule has 1 aliphatic rings. The number of likely N-dealkylation sites (tertiary alicyclic amines) is 1. The summed E-state index contributed by atoms with van der Waals surface area (Å²) in [6, 6.07) is 1.24. The maximum absolute atomic E-state index is 5.27. The van der Waals surface area contributed by atoms with Gasteiger partial charge in [-0.05, 0) is 24.8 Å². The molecule has 2 atom stereocenters. The van der Waals surface area contributed by atoms with Gasteiger partial charge in [0.2, 0.25) is 0 Å². The molecule has 0 spiro atoms. The SMILES string of the molecule is COCC1CCN(C(CNC(C)C)C(C)C)C1. The first-order valence-electron chi connectivity index (χ1n) is 7.01. The molecule has 102 valence electrons. The molecule has 1 heterocycles. The van der Waals surface area contributed by atoms with Gasteiger partial charge in [0.1, 0.15) is 0 Å². The van der Waals surface area contributed by atoms with E-state index in [-0.39, 0.29) is 0 Å². The lowest BCUT2D eigenvalue weighted by molar-refractivity contribution is 0.136. The molecule has 2 unspecified atom stereocenters. The zero-order valence-electron chi connectivity index (χ0n) is 12.2. The Morgan fingerprint density at radius 1 is 1.29 bits per heavy atom. The molecule has 0 bridgehead atoms. The normalized spacial score (nSPS) is 23.8. The molecule has 17 heavy (non-hydrogen) atoms. The molecule has 0 aromatic carbocycles. The van der Waals surface area contributed by atoms with E-state index in [1.807, 2.05) is 7.11 Å². The van der Waals surface area contributed by atoms with Crippen molar-refractivity contribution in [3.05, 3.63) is 0 Å². The second kappa shape index (κ2) is 7.34. The van der Waals surface area contributed by atoms with Crippen LogP contribution in [-0.2, 0) is 4.74 Å². The Morgan fingerprint density at radius 3 is 2.53 bits per heavy atom. The van der Waals surface area contributed by atoms with Crippen molar-refractivity contribution in [3.63, 3.8) is 0 Å². The van der Waals surface area contributed by atoms with Crippen LogP contribution in [0.25, 0.3) is 0 Å². The smallest absolute Gasteiger partial charge is 0.0503 e. The maximum atomic E-state index is 5.27. The van der Waals surface area contributed by atoms with Gasteiger partial charge in [0, 0.05) is 32.3 Å². The van der Waals surface area contributed by atoms with Gasteiger partial charge in [-0.1, -0.05) is 27.7 Å². The minimum Gasteiger partial charge on any atom is -0.384 e. The van der Waals surface area contributed by atoms with E-state index in [4.69, 9.17) is 4.74 Å². The zero-order valence-corrected chi connectivity index (χ0v) is 12.2. The molecule has 1 fully saturated rings. The monoisotopic (exact) mass is 242 g/mol. The van der Waals surface area contributed by atoms with E-state index in [0.29, 0.717) is 18.0 Å². The molecular formula is C14H30N2O. The highest BCUT2D eigenvalue weighted by Crippen LogP contribution is 2.22. The molecule has 1 aliphatic heterocycles. The molecule has 1 N–H and O–H groups in total. The van der Waals surface area contributed by atoms with E-state index < -0.39 is 0 Å². The van der Waals surface area contributed by atoms with Crippen molar-refractivity contribution in [1.29, 1.82) is 0 Å². The van der Waals surface area contributed by atoms with Crippen LogP contribution in [0.4, 0.5) is 0 Å². The molecule has 0 amide bonds. The highest BCUT2D eigenvalue weighted by molar-refractivity contribution is 4.84. The third kappa shape index (κ3) is 4.94. The average Bonchev–Trinajstić information content (AvgIpc) is 2.66. The van der Waals surface area contributed by atoms with Crippen LogP contribution in [0, 0.1) is 11.8 Å². The molecule has 0 aromatic heterocycles. The van der Waals surface area contributed by atoms with Crippen molar-refractivity contribution in [3.8, 4) is 0 Å². The summed E-state index contributed by atoms with van der Waals surface area (Å²) in [7, 11) is 1.81. The quantitative estimate of drug-likeness (QED) is 0.739. The van der Waals surface area contributed by atoms with Gasteiger partial charge in [-0.25, -0.2) is 0 Å². The molecule has 3 heteroatoms. The van der Waals surface area contributed by atoms with Gasteiger partial charge in [0.15, 0.2) is 0 Å². The molecule has 0 radical (unpaired) electrons. The molecule has 1 saturated heterocycles. The van der Waals surface area contributed by atoms with Gasteiger partial charge in [-0.15, -0.1) is 0 Å². The van der Waals surface area contributed by atoms with Gasteiger partial charge >= 0.3 is 0 Å². The number of nitrogens with zero attached hydrogens (tertiary/aromatic N) is 1. The van der Waals surface area contributed by atoms with Crippen molar-refractivity contribution < 1.29 is 4.74 Å². The van der Waals surface area contributed by atoms with Gasteiger partial charge in [-0.3, -0.25) is 4.90 Å². The van der Waals surface area contributed by atoms with Crippen molar-refractivity contribution in [2.24, 2.45) is 11.8 Å². The summed E-state index contributed by atoms with van der Waals surface area (Å²) in [6.45, 7) is 13.6. The first kappa shape index (κ1) is 14.9. The van der Waals surface area contributed by atoms with E-state index in [0.717, 1.165) is 19.1 Å². The number of hydrogen-bond donors (Lipinski definition) is 1. The Labute approximate surface area is 107 Å². The molecule has 0 aliphatic carbocycles. The van der Waals surface area contributed by atoms with Gasteiger partial charge in [-0.2, -0.15) is 0 Å². The predicted molar refractivity (Wildman–Crippen MR) is 73.3 cm³/mol. The molecule has 0 aromatic rings. The highest BCUT2D eigenvalue weighted by Gasteiger charge is 2.29. The van der Waals surface area contributed by atoms with Crippen LogP contribution in [-0.4, -0.2) is 50.3 Å². The van der Waals surface area contributed by atoms with Gasteiger partial charge < -0.3 is 10.1 Å². The van der Waals surface area contributed by atoms with Crippen LogP contribution in [0.15, 0.2) is 0 Å². The summed E-state index contributed by atoms with van der Waals surface area (Å²) < 4.78 is 5.27. The van der Waals surface area contributed by atoms with E-state index in [2.05, 4.69) is 37.9 Å². The fourth-order valence-electron chi connectivity index (χ4n) is 2.68. The Morgan fingerprint density at radius 2 is 2.00 bits per heavy atom. The van der Waals surface area contributed by atoms with Crippen molar-refractivity contribution >= 4 is 0 Å². The third-order valence-corrected chi connectivity index (χ3v) is 3.69. The van der Waals surface area contributed by atoms with Gasteiger partial charge in [0.05, 0.1) is 6.61 Å². The highest BCUT2D eigenvalue weighted by atomic mass is 16.5. The Balaban J connectivity index is 2.43. The second-order valence-corrected chi connectivity index (χ2v) is 5.98. The molecule has 3 nitrogen and oxygen atoms in total. The Hall–Kier alpha value is -0.120. The van der Waals surface area contributed by atoms with Gasteiger partial charge in [0.25, 0.3) is 0 Å². The summed E-state index contributed by atoms with van der Waals surface area (Å²) in [6.07, 6.45) is 1.29. The minimum absolute atomic E-state index is 0.577. The topological polar surface area (TPSA) is 24.5 Å². The van der Waals surface area contributed by atoms with Crippen molar-refractivity contribution in [2.45, 2.75) is 46.2 Å². The summed E-state index contributed by atoms with van der Waals surface area (Å²) in [5.41, 5.74) is 0. The molecule has 1 rings (SSSR count). The maximum Gasteiger partial charge on any atom is 0.0503 e. The fraction of sp³-hybridized carbons (Fsp3) is 1.00. The molecule has 0 saturated carbocycles. The first-order chi connectivity index (χ1) is 8.04. The summed E-state index contributed by atoms with van der Waals surface area (Å²) in [5, 5.41) is 3.58. The average molecular weight is 242 g/mol. The first-order valence-corrected chi connectivity index (χ1v) is 7.01. The molecular weight excluding hydrogens is 212 g/mol.